The van der Waals surface area contributed by atoms with Crippen LogP contribution in [0.25, 0.3) is 0 Å². The predicted molar refractivity (Wildman–Crippen MR) is 49.3 cm³/mol. The molecular weight excluding hydrogens is 186 g/mol. The smallest absolute Gasteiger partial charge is 0.292 e. The topological polar surface area (TPSA) is 93.7 Å². The minimum absolute atomic E-state index is 0.206. The number of aromatic amines is 2. The average Bonchev–Trinajstić information content (AvgIpc) is 2.17. The molecule has 0 bridgehead atoms. The maximum atomic E-state index is 11.3. The first-order chi connectivity index (χ1) is 6.72. The molecule has 2 N–H and O–H groups in total. The number of hydrogen-bond acceptors (Lipinski definition) is 5. The van der Waals surface area contributed by atoms with Crippen molar-refractivity contribution in [3.63, 3.8) is 0 Å². The highest BCUT2D eigenvalue weighted by Crippen LogP contribution is 2.17. The summed E-state index contributed by atoms with van der Waals surface area (Å²) in [5.74, 6) is 0.441. The molecule has 0 atom stereocenters. The normalized spacial score (nSPS) is 14.2. The van der Waals surface area contributed by atoms with Crippen molar-refractivity contribution in [3.05, 3.63) is 26.4 Å². The van der Waals surface area contributed by atoms with Crippen LogP contribution in [-0.4, -0.2) is 16.5 Å². The molecule has 14 heavy (non-hydrogen) atoms. The summed E-state index contributed by atoms with van der Waals surface area (Å²) < 4.78 is 0. The average molecular weight is 195 g/mol. The molecule has 1 aromatic heterocycles. The highest BCUT2D eigenvalue weighted by atomic mass is 16.2. The van der Waals surface area contributed by atoms with E-state index in [1.807, 2.05) is 6.92 Å². The molecule has 0 amide bonds. The molecule has 1 aliphatic rings. The van der Waals surface area contributed by atoms with E-state index in [2.05, 4.69) is 20.3 Å². The maximum absolute atomic E-state index is 11.3. The lowest BCUT2D eigenvalue weighted by Gasteiger charge is -2.19. The summed E-state index contributed by atoms with van der Waals surface area (Å²) in [6.07, 6.45) is 0. The van der Waals surface area contributed by atoms with E-state index < -0.39 is 11.2 Å². The second kappa shape index (κ2) is 3.09. The molecule has 0 saturated carbocycles. The molecule has 0 aliphatic carbocycles. The van der Waals surface area contributed by atoms with Crippen molar-refractivity contribution >= 4 is 5.82 Å². The Labute approximate surface area is 78.5 Å². The second-order valence-electron chi connectivity index (χ2n) is 2.84. The van der Waals surface area contributed by atoms with Crippen molar-refractivity contribution in [1.82, 2.24) is 9.97 Å². The zero-order valence-corrected chi connectivity index (χ0v) is 7.57. The van der Waals surface area contributed by atoms with Gasteiger partial charge in [-0.25, -0.2) is 9.80 Å². The number of anilines is 1. The van der Waals surface area contributed by atoms with Gasteiger partial charge in [0.2, 0.25) is 0 Å². The Balaban J connectivity index is 2.67. The quantitative estimate of drug-likeness (QED) is 0.648. The van der Waals surface area contributed by atoms with Gasteiger partial charge in [-0.05, 0) is 6.92 Å². The van der Waals surface area contributed by atoms with E-state index in [-0.39, 0.29) is 6.54 Å². The molecule has 0 radical (unpaired) electrons. The lowest BCUT2D eigenvalue weighted by Crippen LogP contribution is -2.32. The number of hydrogen-bond donors (Lipinski definition) is 2. The molecule has 2 heterocycles. The first-order valence-electron chi connectivity index (χ1n) is 4.22. The Bertz CT molecular complexity index is 486. The van der Waals surface area contributed by atoms with Gasteiger partial charge in [-0.1, -0.05) is 5.22 Å². The van der Waals surface area contributed by atoms with E-state index >= 15 is 0 Å². The maximum Gasteiger partial charge on any atom is 0.327 e. The van der Waals surface area contributed by atoms with Crippen LogP contribution < -0.4 is 16.3 Å². The number of fused-ring (bicyclic) bond motifs is 1. The van der Waals surface area contributed by atoms with Crippen LogP contribution in [0.5, 0.6) is 0 Å². The fourth-order valence-electron chi connectivity index (χ4n) is 1.31. The van der Waals surface area contributed by atoms with Crippen molar-refractivity contribution in [1.29, 1.82) is 0 Å². The van der Waals surface area contributed by atoms with E-state index in [4.69, 9.17) is 0 Å². The summed E-state index contributed by atoms with van der Waals surface area (Å²) in [7, 11) is 0. The van der Waals surface area contributed by atoms with Gasteiger partial charge in [-0.3, -0.25) is 14.8 Å². The van der Waals surface area contributed by atoms with Crippen LogP contribution in [0.4, 0.5) is 5.82 Å². The van der Waals surface area contributed by atoms with Gasteiger partial charge in [0.1, 0.15) is 5.82 Å². The molecule has 7 heteroatoms. The van der Waals surface area contributed by atoms with Crippen LogP contribution in [0.1, 0.15) is 12.5 Å². The van der Waals surface area contributed by atoms with E-state index in [0.29, 0.717) is 17.9 Å². The molecule has 0 fully saturated rings. The molecule has 0 spiro atoms. The molecule has 1 aliphatic heterocycles. The number of aromatic nitrogens is 2. The van der Waals surface area contributed by atoms with Crippen molar-refractivity contribution in [2.24, 2.45) is 10.3 Å². The summed E-state index contributed by atoms with van der Waals surface area (Å²) in [5, 5.41) is 9.06. The van der Waals surface area contributed by atoms with E-state index in [1.165, 1.54) is 5.01 Å². The summed E-state index contributed by atoms with van der Waals surface area (Å²) in [5.41, 5.74) is -0.480. The van der Waals surface area contributed by atoms with E-state index in [0.717, 1.165) is 0 Å². The summed E-state index contributed by atoms with van der Waals surface area (Å²) in [4.78, 5) is 27.0. The van der Waals surface area contributed by atoms with Crippen LogP contribution in [0, 0.1) is 0 Å². The Hall–Kier alpha value is -1.92. The highest BCUT2D eigenvalue weighted by molar-refractivity contribution is 5.45. The van der Waals surface area contributed by atoms with Crippen LogP contribution in [-0.2, 0) is 6.54 Å². The van der Waals surface area contributed by atoms with Crippen molar-refractivity contribution in [2.75, 3.05) is 11.6 Å². The largest absolute Gasteiger partial charge is 0.327 e. The Morgan fingerprint density at radius 1 is 1.43 bits per heavy atom. The Morgan fingerprint density at radius 3 is 2.93 bits per heavy atom. The van der Waals surface area contributed by atoms with E-state index in [9.17, 15) is 9.59 Å². The third-order valence-corrected chi connectivity index (χ3v) is 1.98. The molecule has 0 unspecified atom stereocenters. The van der Waals surface area contributed by atoms with Gasteiger partial charge < -0.3 is 0 Å². The summed E-state index contributed by atoms with van der Waals surface area (Å²) in [6.45, 7) is 2.61. The fraction of sp³-hybridized carbons (Fsp3) is 0.429. The molecule has 0 saturated heterocycles. The minimum atomic E-state index is -0.524. The van der Waals surface area contributed by atoms with Gasteiger partial charge in [0.05, 0.1) is 12.1 Å². The second-order valence-corrected chi connectivity index (χ2v) is 2.84. The van der Waals surface area contributed by atoms with E-state index in [1.54, 1.807) is 0 Å². The van der Waals surface area contributed by atoms with Crippen molar-refractivity contribution in [2.45, 2.75) is 13.5 Å². The minimum Gasteiger partial charge on any atom is -0.292 e. The molecule has 2 rings (SSSR count). The fourth-order valence-corrected chi connectivity index (χ4v) is 1.31. The third kappa shape index (κ3) is 1.22. The number of rotatable bonds is 1. The molecule has 7 nitrogen and oxygen atoms in total. The molecule has 1 aromatic rings. The molecule has 0 aromatic carbocycles. The van der Waals surface area contributed by atoms with Gasteiger partial charge in [-0.2, -0.15) is 5.11 Å². The van der Waals surface area contributed by atoms with Crippen LogP contribution in [0.2, 0.25) is 0 Å². The SMILES string of the molecule is CCN1N=NCc2c1[nH]c(=O)[nH]c2=O. The molecular formula is C7H9N5O2. The van der Waals surface area contributed by atoms with Crippen LogP contribution >= 0.6 is 0 Å². The molecule has 74 valence electrons. The zero-order valence-electron chi connectivity index (χ0n) is 7.57. The standard InChI is InChI=1S/C7H9N5O2/c1-2-12-5-4(3-8-11-12)6(13)10-7(14)9-5/h2-3H2,1H3,(H2,9,10,13,14). The zero-order chi connectivity index (χ0) is 10.1. The van der Waals surface area contributed by atoms with Gasteiger partial charge in [0, 0.05) is 6.54 Å². The lowest BCUT2D eigenvalue weighted by molar-refractivity contribution is 0.710. The van der Waals surface area contributed by atoms with Gasteiger partial charge in [0.15, 0.2) is 0 Å². The van der Waals surface area contributed by atoms with Crippen LogP contribution in [0.15, 0.2) is 19.9 Å². The predicted octanol–water partition coefficient (Wildman–Crippen LogP) is -0.230. The van der Waals surface area contributed by atoms with Crippen molar-refractivity contribution in [3.8, 4) is 0 Å². The third-order valence-electron chi connectivity index (χ3n) is 1.98. The lowest BCUT2D eigenvalue weighted by atomic mass is 10.3. The highest BCUT2D eigenvalue weighted by Gasteiger charge is 2.17. The van der Waals surface area contributed by atoms with Gasteiger partial charge in [0.25, 0.3) is 5.56 Å². The Kier molecular flexibility index (Phi) is 1.91. The first kappa shape index (κ1) is 8.67. The summed E-state index contributed by atoms with van der Waals surface area (Å²) >= 11 is 0. The number of H-pyrrole nitrogens is 2. The first-order valence-corrected chi connectivity index (χ1v) is 4.22. The monoisotopic (exact) mass is 195 g/mol. The number of nitrogens with zero attached hydrogens (tertiary/aromatic N) is 3. The van der Waals surface area contributed by atoms with Crippen molar-refractivity contribution < 1.29 is 0 Å². The number of nitrogens with one attached hydrogen (secondary N) is 2. The van der Waals surface area contributed by atoms with Crippen LogP contribution in [0.3, 0.4) is 0 Å². The van der Waals surface area contributed by atoms with Gasteiger partial charge >= 0.3 is 5.69 Å². The Morgan fingerprint density at radius 2 is 2.21 bits per heavy atom. The van der Waals surface area contributed by atoms with Gasteiger partial charge in [-0.15, -0.1) is 0 Å². The summed E-state index contributed by atoms with van der Waals surface area (Å²) in [6, 6.07) is 0.